The van der Waals surface area contributed by atoms with Crippen LogP contribution in [0.25, 0.3) is 0 Å². The van der Waals surface area contributed by atoms with Crippen LogP contribution in [0.5, 0.6) is 11.5 Å². The summed E-state index contributed by atoms with van der Waals surface area (Å²) in [6, 6.07) is 13.5. The van der Waals surface area contributed by atoms with E-state index < -0.39 is 17.0 Å². The molecule has 0 amide bonds. The number of benzene rings is 2. The summed E-state index contributed by atoms with van der Waals surface area (Å²) in [7, 11) is 11.4. The third kappa shape index (κ3) is 6.31. The van der Waals surface area contributed by atoms with Crippen LogP contribution in [-0.2, 0) is 17.0 Å². The minimum atomic E-state index is -0.556. The van der Waals surface area contributed by atoms with E-state index in [1.165, 1.54) is 32.1 Å². The topological polar surface area (TPSA) is 41.8 Å². The molecule has 26 heavy (non-hydrogen) atoms. The number of para-hydroxylation sites is 1. The summed E-state index contributed by atoms with van der Waals surface area (Å²) in [6.45, 7) is 0. The standard InChI is InChI=1S/C20H23NO2.2ClH.Ti/c1-23-18-12-10-17(11-13-18)21-14-16-8-5-9-19(20(16)22)15-6-3-2-4-7-15;;;/h5,8-15,22H,2-4,6-7H2,1H3;2*1H;/q;;;+2/p-2. The van der Waals surface area contributed by atoms with Crippen molar-refractivity contribution in [2.45, 2.75) is 38.0 Å². The first-order valence-electron chi connectivity index (χ1n) is 8.65. The first-order valence-corrected chi connectivity index (χ1v) is 13.0. The van der Waals surface area contributed by atoms with Crippen LogP contribution >= 0.6 is 18.6 Å². The van der Waals surface area contributed by atoms with Crippen LogP contribution in [0.1, 0.15) is 49.1 Å². The predicted octanol–water partition coefficient (Wildman–Crippen LogP) is 6.58. The first-order chi connectivity index (χ1) is 12.7. The van der Waals surface area contributed by atoms with Crippen LogP contribution in [0.2, 0.25) is 0 Å². The zero-order chi connectivity index (χ0) is 18.8. The molecule has 0 heterocycles. The van der Waals surface area contributed by atoms with E-state index >= 15 is 0 Å². The van der Waals surface area contributed by atoms with Gasteiger partial charge in [-0.1, -0.05) is 31.4 Å². The van der Waals surface area contributed by atoms with Crippen molar-refractivity contribution in [2.75, 3.05) is 7.11 Å². The zero-order valence-electron chi connectivity index (χ0n) is 14.8. The number of nitrogens with zero attached hydrogens (tertiary/aromatic N) is 1. The molecule has 138 valence electrons. The number of halogens is 2. The molecule has 3 rings (SSSR count). The number of aromatic hydroxyl groups is 1. The second-order valence-corrected chi connectivity index (χ2v) is 8.73. The average molecular weight is 428 g/mol. The van der Waals surface area contributed by atoms with E-state index in [1.54, 1.807) is 13.3 Å². The van der Waals surface area contributed by atoms with Crippen molar-refractivity contribution < 1.29 is 26.9 Å². The molecule has 2 aromatic carbocycles. The normalized spacial score (nSPS) is 14.6. The number of hydrogen-bond donors (Lipinski definition) is 1. The van der Waals surface area contributed by atoms with Crippen LogP contribution in [0.3, 0.4) is 0 Å². The van der Waals surface area contributed by atoms with Crippen molar-refractivity contribution in [1.82, 2.24) is 0 Å². The van der Waals surface area contributed by atoms with Crippen molar-refractivity contribution >= 4 is 30.5 Å². The molecule has 0 aromatic heterocycles. The van der Waals surface area contributed by atoms with E-state index in [0.717, 1.165) is 22.6 Å². The zero-order valence-corrected chi connectivity index (χ0v) is 17.9. The van der Waals surface area contributed by atoms with Gasteiger partial charge >= 0.3 is 35.6 Å². The quantitative estimate of drug-likeness (QED) is 0.442. The van der Waals surface area contributed by atoms with Gasteiger partial charge in [0.25, 0.3) is 0 Å². The molecule has 1 saturated carbocycles. The molecule has 1 fully saturated rings. The van der Waals surface area contributed by atoms with Gasteiger partial charge in [0.05, 0.1) is 12.8 Å². The molecule has 1 aliphatic carbocycles. The van der Waals surface area contributed by atoms with E-state index in [2.05, 4.69) is 11.1 Å². The molecule has 3 nitrogen and oxygen atoms in total. The van der Waals surface area contributed by atoms with Gasteiger partial charge in [0.2, 0.25) is 0 Å². The Morgan fingerprint density at radius 2 is 1.73 bits per heavy atom. The van der Waals surface area contributed by atoms with Crippen molar-refractivity contribution in [2.24, 2.45) is 4.99 Å². The molecular formula is C20H23Cl2NO2Ti. The van der Waals surface area contributed by atoms with Crippen LogP contribution in [0, 0.1) is 0 Å². The van der Waals surface area contributed by atoms with E-state index in [-0.39, 0.29) is 0 Å². The molecular weight excluding hydrogens is 405 g/mol. The third-order valence-corrected chi connectivity index (χ3v) is 4.57. The fourth-order valence-electron chi connectivity index (χ4n) is 3.24. The summed E-state index contributed by atoms with van der Waals surface area (Å²) in [5.74, 6) is 1.68. The van der Waals surface area contributed by atoms with Gasteiger partial charge in [-0.05, 0) is 54.7 Å². The molecule has 2 aromatic rings. The molecule has 0 radical (unpaired) electrons. The Labute approximate surface area is 172 Å². The Bertz CT molecular complexity index is 701. The second-order valence-electron chi connectivity index (χ2n) is 6.15. The monoisotopic (exact) mass is 427 g/mol. The summed E-state index contributed by atoms with van der Waals surface area (Å²) >= 11 is -0.556. The fourth-order valence-corrected chi connectivity index (χ4v) is 3.24. The summed E-state index contributed by atoms with van der Waals surface area (Å²) in [6.07, 6.45) is 7.92. The van der Waals surface area contributed by atoms with Crippen LogP contribution in [-0.4, -0.2) is 18.4 Å². The van der Waals surface area contributed by atoms with Crippen LogP contribution in [0.15, 0.2) is 47.5 Å². The molecule has 0 saturated heterocycles. The Kier molecular flexibility index (Phi) is 9.56. The van der Waals surface area contributed by atoms with Crippen molar-refractivity contribution in [3.05, 3.63) is 53.6 Å². The van der Waals surface area contributed by atoms with Gasteiger partial charge < -0.3 is 9.84 Å². The number of aliphatic imine (C=N–C) groups is 1. The maximum absolute atomic E-state index is 10.6. The molecule has 1 aliphatic rings. The van der Waals surface area contributed by atoms with Gasteiger partial charge in [0, 0.05) is 11.8 Å². The fraction of sp³-hybridized carbons (Fsp3) is 0.350. The summed E-state index contributed by atoms with van der Waals surface area (Å²) in [5, 5.41) is 10.6. The van der Waals surface area contributed by atoms with E-state index in [9.17, 15) is 5.11 Å². The molecule has 0 aliphatic heterocycles. The second kappa shape index (κ2) is 11.7. The van der Waals surface area contributed by atoms with Crippen LogP contribution in [0.4, 0.5) is 5.69 Å². The molecule has 0 spiro atoms. The van der Waals surface area contributed by atoms with Crippen LogP contribution < -0.4 is 4.74 Å². The van der Waals surface area contributed by atoms with Gasteiger partial charge in [0.1, 0.15) is 11.5 Å². The van der Waals surface area contributed by atoms with Crippen molar-refractivity contribution in [1.29, 1.82) is 0 Å². The Balaban J connectivity index is 0.000000758. The van der Waals surface area contributed by atoms with Gasteiger partial charge in [0.15, 0.2) is 0 Å². The van der Waals surface area contributed by atoms with E-state index in [4.69, 9.17) is 23.3 Å². The van der Waals surface area contributed by atoms with Gasteiger partial charge in [-0.25, -0.2) is 0 Å². The van der Waals surface area contributed by atoms with Gasteiger partial charge in [-0.15, -0.1) is 0 Å². The number of methoxy groups -OCH3 is 1. The Morgan fingerprint density at radius 3 is 2.35 bits per heavy atom. The maximum atomic E-state index is 10.6. The average Bonchev–Trinajstić information content (AvgIpc) is 2.69. The number of ether oxygens (including phenoxy) is 1. The SMILES string of the molecule is COc1ccc(N=Cc2cccc(C3CCCCC3)c2O)cc1.[Cl][Ti][Cl]. The van der Waals surface area contributed by atoms with Gasteiger partial charge in [-0.2, -0.15) is 0 Å². The summed E-state index contributed by atoms with van der Waals surface area (Å²) in [5.41, 5.74) is 2.69. The third-order valence-electron chi connectivity index (χ3n) is 4.57. The molecule has 1 N–H and O–H groups in total. The Morgan fingerprint density at radius 1 is 1.08 bits per heavy atom. The number of hydrogen-bond acceptors (Lipinski definition) is 3. The van der Waals surface area contributed by atoms with Crippen molar-refractivity contribution in [3.8, 4) is 11.5 Å². The van der Waals surface area contributed by atoms with E-state index in [1.807, 2.05) is 36.4 Å². The number of rotatable bonds is 4. The first kappa shape index (κ1) is 21.3. The Hall–Kier alpha value is -0.996. The van der Waals surface area contributed by atoms with Gasteiger partial charge in [-0.3, -0.25) is 4.99 Å². The van der Waals surface area contributed by atoms with Crippen molar-refractivity contribution in [3.63, 3.8) is 0 Å². The summed E-state index contributed by atoms with van der Waals surface area (Å²) in [4.78, 5) is 4.46. The molecule has 6 heteroatoms. The van der Waals surface area contributed by atoms with E-state index in [0.29, 0.717) is 11.7 Å². The predicted molar refractivity (Wildman–Crippen MR) is 106 cm³/mol. The molecule has 0 atom stereocenters. The number of phenolic OH excluding ortho intramolecular Hbond substituents is 1. The minimum absolute atomic E-state index is 0.386. The summed E-state index contributed by atoms with van der Waals surface area (Å²) < 4.78 is 5.14. The molecule has 0 bridgehead atoms. The molecule has 0 unspecified atom stereocenters. The number of phenols is 1.